The maximum Gasteiger partial charge on any atom is 0.200 e. The van der Waals surface area contributed by atoms with E-state index in [0.717, 1.165) is 50.9 Å². The molecule has 1 aromatic rings. The van der Waals surface area contributed by atoms with Crippen LogP contribution in [0.3, 0.4) is 0 Å². The Hall–Kier alpha value is -1.52. The summed E-state index contributed by atoms with van der Waals surface area (Å²) in [6, 6.07) is 3.17. The average Bonchev–Trinajstić information content (AvgIpc) is 2.77. The molecule has 3 rings (SSSR count). The molecular weight excluding hydrogens is 392 g/mol. The SMILES string of the molecule is CCOc1ccc(CCC2CCC(C3CCC(C=C(F)CF)CC3)CC2)c(F)c1F. The van der Waals surface area contributed by atoms with Gasteiger partial charge in [-0.1, -0.05) is 18.9 Å². The molecule has 0 unspecified atom stereocenters. The van der Waals surface area contributed by atoms with Gasteiger partial charge in [0.15, 0.2) is 11.6 Å². The van der Waals surface area contributed by atoms with Crippen molar-refractivity contribution in [2.24, 2.45) is 23.7 Å². The van der Waals surface area contributed by atoms with Crippen LogP contribution in [0.15, 0.2) is 24.0 Å². The van der Waals surface area contributed by atoms with Gasteiger partial charge in [-0.25, -0.2) is 13.2 Å². The van der Waals surface area contributed by atoms with Crippen molar-refractivity contribution in [3.63, 3.8) is 0 Å². The standard InChI is InChI=1S/C25H34F4O/c1-2-30-23-14-13-21(24(28)25(23)29)12-5-17-3-8-19(9-4-17)20-10-6-18(7-11-20)15-22(27)16-26/h13-15,17-20H,2-12,16H2,1H3. The van der Waals surface area contributed by atoms with Crippen molar-refractivity contribution in [1.82, 2.24) is 0 Å². The lowest BCUT2D eigenvalue weighted by molar-refractivity contribution is 0.152. The molecule has 0 saturated heterocycles. The summed E-state index contributed by atoms with van der Waals surface area (Å²) >= 11 is 0. The Morgan fingerprint density at radius 3 is 2.20 bits per heavy atom. The van der Waals surface area contributed by atoms with E-state index in [1.54, 1.807) is 13.0 Å². The van der Waals surface area contributed by atoms with E-state index in [1.807, 2.05) is 0 Å². The number of hydrogen-bond donors (Lipinski definition) is 0. The fourth-order valence-electron chi connectivity index (χ4n) is 5.42. The van der Waals surface area contributed by atoms with Crippen LogP contribution in [0, 0.1) is 35.3 Å². The van der Waals surface area contributed by atoms with Crippen molar-refractivity contribution in [1.29, 1.82) is 0 Å². The van der Waals surface area contributed by atoms with E-state index in [-0.39, 0.29) is 11.7 Å². The van der Waals surface area contributed by atoms with Crippen LogP contribution in [-0.4, -0.2) is 13.3 Å². The van der Waals surface area contributed by atoms with Crippen LogP contribution in [0.4, 0.5) is 17.6 Å². The highest BCUT2D eigenvalue weighted by molar-refractivity contribution is 5.31. The van der Waals surface area contributed by atoms with Crippen molar-refractivity contribution in [3.8, 4) is 5.75 Å². The number of benzene rings is 1. The molecule has 2 aliphatic carbocycles. The molecule has 0 aliphatic heterocycles. The smallest absolute Gasteiger partial charge is 0.200 e. The molecule has 5 heteroatoms. The van der Waals surface area contributed by atoms with E-state index >= 15 is 0 Å². The van der Waals surface area contributed by atoms with Crippen LogP contribution in [-0.2, 0) is 6.42 Å². The van der Waals surface area contributed by atoms with Gasteiger partial charge in [0.05, 0.1) is 6.61 Å². The Morgan fingerprint density at radius 1 is 0.967 bits per heavy atom. The van der Waals surface area contributed by atoms with E-state index in [0.29, 0.717) is 30.4 Å². The Labute approximate surface area is 177 Å². The molecule has 1 aromatic carbocycles. The predicted octanol–water partition coefficient (Wildman–Crippen LogP) is 7.73. The molecule has 0 amide bonds. The minimum absolute atomic E-state index is 0.0168. The van der Waals surface area contributed by atoms with Gasteiger partial charge in [-0.15, -0.1) is 0 Å². The predicted molar refractivity (Wildman–Crippen MR) is 112 cm³/mol. The second kappa shape index (κ2) is 11.2. The second-order valence-electron chi connectivity index (χ2n) is 9.03. The van der Waals surface area contributed by atoms with Crippen LogP contribution < -0.4 is 4.74 Å². The molecule has 0 bridgehead atoms. The van der Waals surface area contributed by atoms with Crippen molar-refractivity contribution in [2.45, 2.75) is 71.1 Å². The summed E-state index contributed by atoms with van der Waals surface area (Å²) < 4.78 is 58.9. The van der Waals surface area contributed by atoms with Gasteiger partial charge < -0.3 is 4.74 Å². The molecule has 30 heavy (non-hydrogen) atoms. The number of aryl methyl sites for hydroxylation is 1. The van der Waals surface area contributed by atoms with Gasteiger partial charge in [0, 0.05) is 0 Å². The number of rotatable bonds is 8. The molecule has 0 heterocycles. The van der Waals surface area contributed by atoms with Crippen molar-refractivity contribution in [3.05, 3.63) is 41.2 Å². The van der Waals surface area contributed by atoms with Gasteiger partial charge in [-0.3, -0.25) is 0 Å². The number of halogens is 4. The zero-order valence-corrected chi connectivity index (χ0v) is 17.9. The summed E-state index contributed by atoms with van der Waals surface area (Å²) in [5.74, 6) is -0.122. The summed E-state index contributed by atoms with van der Waals surface area (Å²) in [7, 11) is 0. The Morgan fingerprint density at radius 2 is 1.60 bits per heavy atom. The van der Waals surface area contributed by atoms with E-state index in [2.05, 4.69) is 0 Å². The Balaban J connectivity index is 1.42. The molecule has 168 valence electrons. The summed E-state index contributed by atoms with van der Waals surface area (Å²) in [5.41, 5.74) is 0.435. The molecule has 0 spiro atoms. The maximum absolute atomic E-state index is 14.3. The van der Waals surface area contributed by atoms with Gasteiger partial charge in [-0.05, 0) is 99.7 Å². The first kappa shape index (κ1) is 23.1. The van der Waals surface area contributed by atoms with E-state index < -0.39 is 24.1 Å². The molecule has 0 atom stereocenters. The first-order chi connectivity index (χ1) is 14.5. The highest BCUT2D eigenvalue weighted by Crippen LogP contribution is 2.42. The van der Waals surface area contributed by atoms with E-state index in [1.165, 1.54) is 25.0 Å². The largest absolute Gasteiger partial charge is 0.491 e. The van der Waals surface area contributed by atoms with Gasteiger partial charge in [0.2, 0.25) is 5.82 Å². The summed E-state index contributed by atoms with van der Waals surface area (Å²) in [4.78, 5) is 0. The van der Waals surface area contributed by atoms with Gasteiger partial charge >= 0.3 is 0 Å². The lowest BCUT2D eigenvalue weighted by Crippen LogP contribution is -2.25. The van der Waals surface area contributed by atoms with Crippen molar-refractivity contribution < 1.29 is 22.3 Å². The van der Waals surface area contributed by atoms with Crippen LogP contribution in [0.5, 0.6) is 5.75 Å². The maximum atomic E-state index is 14.3. The number of alkyl halides is 1. The second-order valence-corrected chi connectivity index (χ2v) is 9.03. The summed E-state index contributed by atoms with van der Waals surface area (Å²) in [6.07, 6.45) is 11.7. The zero-order chi connectivity index (χ0) is 21.5. The molecule has 2 fully saturated rings. The Kier molecular flexibility index (Phi) is 8.64. The third-order valence-electron chi connectivity index (χ3n) is 7.17. The minimum atomic E-state index is -0.989. The lowest BCUT2D eigenvalue weighted by Gasteiger charge is -2.37. The molecule has 2 aliphatic rings. The number of hydrogen-bond acceptors (Lipinski definition) is 1. The first-order valence-corrected chi connectivity index (χ1v) is 11.5. The number of allylic oxidation sites excluding steroid dienone is 2. The third kappa shape index (κ3) is 6.01. The summed E-state index contributed by atoms with van der Waals surface area (Å²) in [6.45, 7) is 1.07. The van der Waals surface area contributed by atoms with E-state index in [4.69, 9.17) is 4.74 Å². The third-order valence-corrected chi connectivity index (χ3v) is 7.17. The lowest BCUT2D eigenvalue weighted by atomic mass is 9.68. The summed E-state index contributed by atoms with van der Waals surface area (Å²) in [5, 5.41) is 0. The Bertz CT molecular complexity index is 701. The normalized spacial score (nSPS) is 27.8. The van der Waals surface area contributed by atoms with Crippen LogP contribution in [0.1, 0.15) is 70.3 Å². The first-order valence-electron chi connectivity index (χ1n) is 11.5. The van der Waals surface area contributed by atoms with Gasteiger partial charge in [0.1, 0.15) is 12.5 Å². The quantitative estimate of drug-likeness (QED) is 0.386. The average molecular weight is 427 g/mol. The van der Waals surface area contributed by atoms with E-state index in [9.17, 15) is 17.6 Å². The molecule has 0 N–H and O–H groups in total. The zero-order valence-electron chi connectivity index (χ0n) is 17.9. The highest BCUT2D eigenvalue weighted by Gasteiger charge is 2.30. The van der Waals surface area contributed by atoms with Crippen LogP contribution in [0.25, 0.3) is 0 Å². The monoisotopic (exact) mass is 426 g/mol. The highest BCUT2D eigenvalue weighted by atomic mass is 19.2. The molecular formula is C25H34F4O. The van der Waals surface area contributed by atoms with Crippen LogP contribution >= 0.6 is 0 Å². The topological polar surface area (TPSA) is 9.23 Å². The number of ether oxygens (including phenoxy) is 1. The molecule has 2 saturated carbocycles. The minimum Gasteiger partial charge on any atom is -0.491 e. The fraction of sp³-hybridized carbons (Fsp3) is 0.680. The van der Waals surface area contributed by atoms with Crippen molar-refractivity contribution in [2.75, 3.05) is 13.3 Å². The van der Waals surface area contributed by atoms with Crippen LogP contribution in [0.2, 0.25) is 0 Å². The van der Waals surface area contributed by atoms with Gasteiger partial charge in [-0.2, -0.15) is 4.39 Å². The van der Waals surface area contributed by atoms with Crippen molar-refractivity contribution >= 4 is 0 Å². The van der Waals surface area contributed by atoms with Gasteiger partial charge in [0.25, 0.3) is 0 Å². The fourth-order valence-corrected chi connectivity index (χ4v) is 5.42. The molecule has 0 radical (unpaired) electrons. The molecule has 1 nitrogen and oxygen atoms in total. The molecule has 0 aromatic heterocycles.